The standard InChI is InChI=1S/C7H10NS/c1-2-3-4-8-5-6-9-7-8/h2,5-7H,1,3-4H2/q+1. The Balaban J connectivity index is 2.38. The second kappa shape index (κ2) is 3.41. The van der Waals surface area contributed by atoms with Gasteiger partial charge in [-0.2, -0.15) is 4.57 Å². The van der Waals surface area contributed by atoms with Gasteiger partial charge in [0.15, 0.2) is 12.7 Å². The third-order valence-corrected chi connectivity index (χ3v) is 1.79. The minimum atomic E-state index is 1.06. The Morgan fingerprint density at radius 1 is 1.67 bits per heavy atom. The largest absolute Gasteiger partial charge is 0.224 e. The van der Waals surface area contributed by atoms with Crippen LogP contribution in [0, 0.1) is 0 Å². The molecule has 1 rings (SSSR count). The fourth-order valence-electron chi connectivity index (χ4n) is 0.629. The molecule has 1 aromatic rings. The minimum absolute atomic E-state index is 1.06. The highest BCUT2D eigenvalue weighted by Gasteiger charge is 1.94. The molecule has 0 unspecified atom stereocenters. The first-order valence-electron chi connectivity index (χ1n) is 2.95. The zero-order valence-corrected chi connectivity index (χ0v) is 6.10. The molecule has 0 bridgehead atoms. The van der Waals surface area contributed by atoms with Gasteiger partial charge >= 0.3 is 0 Å². The number of allylic oxidation sites excluding steroid dienone is 1. The van der Waals surface area contributed by atoms with E-state index in [9.17, 15) is 0 Å². The lowest BCUT2D eigenvalue weighted by Crippen LogP contribution is -2.29. The van der Waals surface area contributed by atoms with Crippen molar-refractivity contribution in [3.63, 3.8) is 0 Å². The van der Waals surface area contributed by atoms with E-state index in [2.05, 4.69) is 28.2 Å². The zero-order chi connectivity index (χ0) is 6.53. The van der Waals surface area contributed by atoms with Gasteiger partial charge in [-0.15, -0.1) is 6.58 Å². The minimum Gasteiger partial charge on any atom is -0.195 e. The Labute approximate surface area is 59.3 Å². The van der Waals surface area contributed by atoms with Crippen LogP contribution in [0.25, 0.3) is 0 Å². The molecular weight excluding hydrogens is 130 g/mol. The van der Waals surface area contributed by atoms with Crippen molar-refractivity contribution in [2.45, 2.75) is 13.0 Å². The summed E-state index contributed by atoms with van der Waals surface area (Å²) in [7, 11) is 0. The summed E-state index contributed by atoms with van der Waals surface area (Å²) in [5, 5.41) is 2.07. The highest BCUT2D eigenvalue weighted by molar-refractivity contribution is 7.07. The Hall–Kier alpha value is -0.630. The second-order valence-corrected chi connectivity index (χ2v) is 2.60. The van der Waals surface area contributed by atoms with Gasteiger partial charge in [0, 0.05) is 6.42 Å². The molecule has 0 N–H and O–H groups in total. The molecule has 1 aromatic heterocycles. The third kappa shape index (κ3) is 1.98. The second-order valence-electron chi connectivity index (χ2n) is 1.84. The molecule has 0 aliphatic heterocycles. The molecule has 0 aliphatic carbocycles. The average molecular weight is 140 g/mol. The predicted molar refractivity (Wildman–Crippen MR) is 39.3 cm³/mol. The van der Waals surface area contributed by atoms with Gasteiger partial charge in [0.1, 0.15) is 0 Å². The van der Waals surface area contributed by atoms with Crippen LogP contribution in [0.2, 0.25) is 0 Å². The van der Waals surface area contributed by atoms with Crippen molar-refractivity contribution < 1.29 is 4.57 Å². The van der Waals surface area contributed by atoms with Crippen molar-refractivity contribution in [3.05, 3.63) is 29.7 Å². The van der Waals surface area contributed by atoms with Gasteiger partial charge in [0.25, 0.3) is 0 Å². The first kappa shape index (κ1) is 6.49. The van der Waals surface area contributed by atoms with Crippen molar-refractivity contribution in [2.24, 2.45) is 0 Å². The van der Waals surface area contributed by atoms with Crippen LogP contribution in [0.3, 0.4) is 0 Å². The summed E-state index contributed by atoms with van der Waals surface area (Å²) in [5.74, 6) is 0. The summed E-state index contributed by atoms with van der Waals surface area (Å²) in [6, 6.07) is 0. The molecule has 0 radical (unpaired) electrons. The molecule has 0 fully saturated rings. The maximum atomic E-state index is 3.65. The number of hydrogen-bond acceptors (Lipinski definition) is 1. The van der Waals surface area contributed by atoms with E-state index < -0.39 is 0 Å². The number of hydrogen-bond donors (Lipinski definition) is 0. The van der Waals surface area contributed by atoms with Crippen LogP contribution in [0.15, 0.2) is 29.7 Å². The monoisotopic (exact) mass is 140 g/mol. The van der Waals surface area contributed by atoms with Crippen molar-refractivity contribution in [3.8, 4) is 0 Å². The molecule has 0 aliphatic rings. The number of aromatic nitrogens is 1. The Bertz CT molecular complexity index is 167. The summed E-state index contributed by atoms with van der Waals surface area (Å²) in [6.45, 7) is 4.71. The SMILES string of the molecule is C=CCC[n+]1ccsc1. The van der Waals surface area contributed by atoms with Crippen LogP contribution in [0.4, 0.5) is 0 Å². The highest BCUT2D eigenvalue weighted by Crippen LogP contribution is 1.88. The Kier molecular flexibility index (Phi) is 2.46. The summed E-state index contributed by atoms with van der Waals surface area (Å²) in [4.78, 5) is 0. The summed E-state index contributed by atoms with van der Waals surface area (Å²) >= 11 is 1.72. The molecular formula is C7H10NS+. The maximum Gasteiger partial charge on any atom is 0.224 e. The quantitative estimate of drug-likeness (QED) is 0.443. The third-order valence-electron chi connectivity index (χ3n) is 1.12. The fourth-order valence-corrected chi connectivity index (χ4v) is 1.26. The normalized spacial score (nSPS) is 9.33. The molecule has 1 nitrogen and oxygen atoms in total. The van der Waals surface area contributed by atoms with E-state index in [-0.39, 0.29) is 0 Å². The van der Waals surface area contributed by atoms with Crippen molar-refractivity contribution >= 4 is 11.3 Å². The van der Waals surface area contributed by atoms with Crippen LogP contribution in [-0.2, 0) is 6.54 Å². The highest BCUT2D eigenvalue weighted by atomic mass is 32.1. The van der Waals surface area contributed by atoms with Gasteiger partial charge in [-0.05, 0) is 0 Å². The summed E-state index contributed by atoms with van der Waals surface area (Å²) in [6.07, 6.45) is 5.07. The van der Waals surface area contributed by atoms with E-state index in [0.717, 1.165) is 13.0 Å². The van der Waals surface area contributed by atoms with E-state index in [4.69, 9.17) is 0 Å². The van der Waals surface area contributed by atoms with Gasteiger partial charge in [0.2, 0.25) is 5.51 Å². The first-order chi connectivity index (χ1) is 4.43. The molecule has 48 valence electrons. The molecule has 9 heavy (non-hydrogen) atoms. The lowest BCUT2D eigenvalue weighted by atomic mass is 10.4. The first-order valence-corrected chi connectivity index (χ1v) is 3.90. The maximum absolute atomic E-state index is 3.65. The number of rotatable bonds is 3. The van der Waals surface area contributed by atoms with Crippen LogP contribution < -0.4 is 4.57 Å². The van der Waals surface area contributed by atoms with E-state index in [1.807, 2.05) is 6.08 Å². The van der Waals surface area contributed by atoms with Gasteiger partial charge < -0.3 is 0 Å². The van der Waals surface area contributed by atoms with E-state index in [0.29, 0.717) is 0 Å². The average Bonchev–Trinajstić information content (AvgIpc) is 2.34. The van der Waals surface area contributed by atoms with Crippen molar-refractivity contribution in [1.29, 1.82) is 0 Å². The van der Waals surface area contributed by atoms with E-state index in [1.165, 1.54) is 0 Å². The van der Waals surface area contributed by atoms with Crippen LogP contribution >= 0.6 is 11.3 Å². The number of nitrogens with zero attached hydrogens (tertiary/aromatic N) is 1. The van der Waals surface area contributed by atoms with Gasteiger partial charge in [0.05, 0.1) is 5.38 Å². The topological polar surface area (TPSA) is 3.88 Å². The molecule has 0 atom stereocenters. The van der Waals surface area contributed by atoms with E-state index in [1.54, 1.807) is 11.3 Å². The Morgan fingerprint density at radius 2 is 2.56 bits per heavy atom. The van der Waals surface area contributed by atoms with Crippen LogP contribution in [-0.4, -0.2) is 0 Å². The molecule has 0 amide bonds. The smallest absolute Gasteiger partial charge is 0.195 e. The number of aryl methyl sites for hydroxylation is 1. The van der Waals surface area contributed by atoms with Gasteiger partial charge in [-0.25, -0.2) is 0 Å². The van der Waals surface area contributed by atoms with Crippen LogP contribution in [0.1, 0.15) is 6.42 Å². The number of thiazole rings is 1. The van der Waals surface area contributed by atoms with Gasteiger partial charge in [-0.1, -0.05) is 17.4 Å². The lowest BCUT2D eigenvalue weighted by Gasteiger charge is -1.83. The predicted octanol–water partition coefficient (Wildman–Crippen LogP) is 1.61. The molecule has 0 saturated heterocycles. The van der Waals surface area contributed by atoms with Gasteiger partial charge in [-0.3, -0.25) is 0 Å². The van der Waals surface area contributed by atoms with E-state index >= 15 is 0 Å². The summed E-state index contributed by atoms with van der Waals surface area (Å²) < 4.78 is 2.16. The van der Waals surface area contributed by atoms with Crippen molar-refractivity contribution in [2.75, 3.05) is 0 Å². The molecule has 2 heteroatoms. The fraction of sp³-hybridized carbons (Fsp3) is 0.286. The molecule has 0 saturated carbocycles. The Morgan fingerprint density at radius 3 is 3.11 bits per heavy atom. The molecule has 0 spiro atoms. The molecule has 1 heterocycles. The molecule has 0 aromatic carbocycles. The van der Waals surface area contributed by atoms with Crippen LogP contribution in [0.5, 0.6) is 0 Å². The summed E-state index contributed by atoms with van der Waals surface area (Å²) in [5.41, 5.74) is 2.10. The van der Waals surface area contributed by atoms with Crippen molar-refractivity contribution in [1.82, 2.24) is 0 Å². The lowest BCUT2D eigenvalue weighted by molar-refractivity contribution is -0.691. The zero-order valence-electron chi connectivity index (χ0n) is 5.29.